The van der Waals surface area contributed by atoms with Gasteiger partial charge in [0.05, 0.1) is 5.69 Å². The summed E-state index contributed by atoms with van der Waals surface area (Å²) in [6, 6.07) is 5.74. The molecule has 1 aliphatic rings. The topological polar surface area (TPSA) is 86.5 Å². The van der Waals surface area contributed by atoms with Crippen molar-refractivity contribution in [3.8, 4) is 22.8 Å². The predicted molar refractivity (Wildman–Crippen MR) is 90.1 cm³/mol. The van der Waals surface area contributed by atoms with Crippen LogP contribution >= 0.6 is 11.3 Å². The summed E-state index contributed by atoms with van der Waals surface area (Å²) in [6.45, 7) is 3.01. The maximum atomic E-state index is 11.8. The minimum atomic E-state index is -0.0645. The normalized spacial score (nSPS) is 14.3. The summed E-state index contributed by atoms with van der Waals surface area (Å²) in [5.74, 6) is 1.41. The Hall–Kier alpha value is -2.12. The van der Waals surface area contributed by atoms with Crippen LogP contribution in [-0.2, 0) is 4.79 Å². The van der Waals surface area contributed by atoms with Crippen molar-refractivity contribution in [2.75, 3.05) is 18.5 Å². The van der Waals surface area contributed by atoms with Crippen molar-refractivity contribution >= 4 is 22.4 Å². The highest BCUT2D eigenvalue weighted by atomic mass is 32.1. The molecule has 1 aliphatic heterocycles. The molecule has 122 valence electrons. The summed E-state index contributed by atoms with van der Waals surface area (Å²) >= 11 is 1.40. The number of nitrogens with one attached hydrogen (secondary N) is 1. The van der Waals surface area contributed by atoms with Crippen molar-refractivity contribution in [1.29, 1.82) is 0 Å². The number of benzene rings is 1. The fourth-order valence-corrected chi connectivity index (χ4v) is 2.94. The molecule has 1 aromatic heterocycles. The van der Waals surface area contributed by atoms with Gasteiger partial charge in [-0.2, -0.15) is 0 Å². The molecule has 0 fully saturated rings. The third-order valence-corrected chi connectivity index (χ3v) is 4.17. The predicted octanol–water partition coefficient (Wildman–Crippen LogP) is 2.65. The summed E-state index contributed by atoms with van der Waals surface area (Å²) < 4.78 is 11.1. The highest BCUT2D eigenvalue weighted by Crippen LogP contribution is 2.35. The zero-order valence-corrected chi connectivity index (χ0v) is 13.7. The number of carbonyl (C=O) groups excluding carboxylic acids is 1. The van der Waals surface area contributed by atoms with Crippen LogP contribution in [0, 0.1) is 0 Å². The van der Waals surface area contributed by atoms with Crippen LogP contribution < -0.4 is 20.5 Å². The van der Waals surface area contributed by atoms with Crippen LogP contribution in [0.1, 0.15) is 19.8 Å². The molecule has 0 radical (unpaired) electrons. The Morgan fingerprint density at radius 3 is 2.96 bits per heavy atom. The monoisotopic (exact) mass is 333 g/mol. The number of nitrogens with two attached hydrogens (primary N) is 1. The van der Waals surface area contributed by atoms with E-state index in [1.807, 2.05) is 30.5 Å². The van der Waals surface area contributed by atoms with Crippen LogP contribution in [-0.4, -0.2) is 30.1 Å². The van der Waals surface area contributed by atoms with E-state index in [1.165, 1.54) is 11.3 Å². The lowest BCUT2D eigenvalue weighted by molar-refractivity contribution is -0.116. The first kappa shape index (κ1) is 15.8. The third kappa shape index (κ3) is 4.00. The van der Waals surface area contributed by atoms with Gasteiger partial charge in [-0.3, -0.25) is 4.79 Å². The molecule has 2 aromatic rings. The smallest absolute Gasteiger partial charge is 0.226 e. The number of nitrogens with zero attached hydrogens (tertiary/aromatic N) is 1. The number of rotatable bonds is 5. The largest absolute Gasteiger partial charge is 0.486 e. The second-order valence-electron chi connectivity index (χ2n) is 5.46. The third-order valence-electron chi connectivity index (χ3n) is 3.42. The van der Waals surface area contributed by atoms with E-state index in [0.29, 0.717) is 31.2 Å². The number of amides is 1. The molecule has 0 aliphatic carbocycles. The van der Waals surface area contributed by atoms with Gasteiger partial charge < -0.3 is 20.5 Å². The maximum Gasteiger partial charge on any atom is 0.226 e. The van der Waals surface area contributed by atoms with Crippen LogP contribution in [0.25, 0.3) is 11.3 Å². The molecule has 2 heterocycles. The second-order valence-corrected chi connectivity index (χ2v) is 6.32. The molecule has 0 saturated carbocycles. The minimum Gasteiger partial charge on any atom is -0.486 e. The van der Waals surface area contributed by atoms with Crippen molar-refractivity contribution < 1.29 is 14.3 Å². The Labute approximate surface area is 138 Å². The molecular formula is C16H19N3O3S. The van der Waals surface area contributed by atoms with Gasteiger partial charge in [0.2, 0.25) is 5.91 Å². The Bertz CT molecular complexity index is 700. The summed E-state index contributed by atoms with van der Waals surface area (Å²) in [7, 11) is 0. The molecule has 1 aromatic carbocycles. The molecule has 0 spiro atoms. The summed E-state index contributed by atoms with van der Waals surface area (Å²) in [5, 5.41) is 5.30. The molecule has 0 bridgehead atoms. The number of anilines is 1. The molecule has 3 rings (SSSR count). The van der Waals surface area contributed by atoms with E-state index in [9.17, 15) is 4.79 Å². The fraction of sp³-hybridized carbons (Fsp3) is 0.375. The zero-order chi connectivity index (χ0) is 16.2. The molecule has 7 heteroatoms. The Morgan fingerprint density at radius 1 is 1.39 bits per heavy atom. The van der Waals surface area contributed by atoms with Crippen LogP contribution in [0.4, 0.5) is 5.13 Å². The highest BCUT2D eigenvalue weighted by molar-refractivity contribution is 7.14. The van der Waals surface area contributed by atoms with Gasteiger partial charge in [0.15, 0.2) is 16.6 Å². The molecular weight excluding hydrogens is 314 g/mol. The lowest BCUT2D eigenvalue weighted by atomic mass is 10.1. The zero-order valence-electron chi connectivity index (χ0n) is 12.9. The summed E-state index contributed by atoms with van der Waals surface area (Å²) in [6.07, 6.45) is 1.06. The highest BCUT2D eigenvalue weighted by Gasteiger charge is 2.14. The summed E-state index contributed by atoms with van der Waals surface area (Å²) in [5.41, 5.74) is 7.39. The van der Waals surface area contributed by atoms with Crippen LogP contribution in [0.5, 0.6) is 11.5 Å². The van der Waals surface area contributed by atoms with E-state index >= 15 is 0 Å². The molecule has 1 unspecified atom stereocenters. The molecule has 1 amide bonds. The Balaban J connectivity index is 1.68. The molecule has 23 heavy (non-hydrogen) atoms. The average molecular weight is 333 g/mol. The van der Waals surface area contributed by atoms with Crippen molar-refractivity contribution in [1.82, 2.24) is 4.98 Å². The standard InChI is InChI=1S/C16H19N3O3S/c1-10(17)2-5-15(20)19-16-18-12(9-23-16)11-3-4-13-14(8-11)22-7-6-21-13/h3-4,8-10H,2,5-7,17H2,1H3,(H,18,19,20). The molecule has 6 nitrogen and oxygen atoms in total. The lowest BCUT2D eigenvalue weighted by Gasteiger charge is -2.18. The Kier molecular flexibility index (Phi) is 4.78. The first-order valence-electron chi connectivity index (χ1n) is 7.53. The van der Waals surface area contributed by atoms with Crippen LogP contribution in [0.3, 0.4) is 0 Å². The van der Waals surface area contributed by atoms with E-state index in [0.717, 1.165) is 22.8 Å². The fourth-order valence-electron chi connectivity index (χ4n) is 2.21. The van der Waals surface area contributed by atoms with Gasteiger partial charge in [0.25, 0.3) is 0 Å². The van der Waals surface area contributed by atoms with Crippen molar-refractivity contribution in [2.45, 2.75) is 25.8 Å². The van der Waals surface area contributed by atoms with Crippen LogP contribution in [0.15, 0.2) is 23.6 Å². The quantitative estimate of drug-likeness (QED) is 0.878. The van der Waals surface area contributed by atoms with E-state index in [4.69, 9.17) is 15.2 Å². The minimum absolute atomic E-state index is 0.0188. The van der Waals surface area contributed by atoms with Crippen LogP contribution in [0.2, 0.25) is 0 Å². The SMILES string of the molecule is CC(N)CCC(=O)Nc1nc(-c2ccc3c(c2)OCCO3)cs1. The van der Waals surface area contributed by atoms with Gasteiger partial charge in [-0.05, 0) is 31.5 Å². The number of hydrogen-bond donors (Lipinski definition) is 2. The first-order chi connectivity index (χ1) is 11.1. The molecule has 3 N–H and O–H groups in total. The Morgan fingerprint density at radius 2 is 2.17 bits per heavy atom. The number of thiazole rings is 1. The lowest BCUT2D eigenvalue weighted by Crippen LogP contribution is -2.19. The van der Waals surface area contributed by atoms with Gasteiger partial charge in [-0.15, -0.1) is 11.3 Å². The van der Waals surface area contributed by atoms with E-state index < -0.39 is 0 Å². The average Bonchev–Trinajstić information content (AvgIpc) is 3.01. The molecule has 0 saturated heterocycles. The van der Waals surface area contributed by atoms with Gasteiger partial charge in [-0.25, -0.2) is 4.98 Å². The summed E-state index contributed by atoms with van der Waals surface area (Å²) in [4.78, 5) is 16.3. The van der Waals surface area contributed by atoms with E-state index in [2.05, 4.69) is 10.3 Å². The second kappa shape index (κ2) is 6.97. The van der Waals surface area contributed by atoms with E-state index in [-0.39, 0.29) is 11.9 Å². The van der Waals surface area contributed by atoms with Crippen molar-refractivity contribution in [3.05, 3.63) is 23.6 Å². The number of carbonyl (C=O) groups is 1. The van der Waals surface area contributed by atoms with Gasteiger partial charge in [0.1, 0.15) is 13.2 Å². The molecule has 1 atom stereocenters. The maximum absolute atomic E-state index is 11.8. The van der Waals surface area contributed by atoms with E-state index in [1.54, 1.807) is 0 Å². The first-order valence-corrected chi connectivity index (χ1v) is 8.41. The van der Waals surface area contributed by atoms with Crippen molar-refractivity contribution in [2.24, 2.45) is 5.73 Å². The van der Waals surface area contributed by atoms with Gasteiger partial charge in [-0.1, -0.05) is 0 Å². The van der Waals surface area contributed by atoms with Crippen molar-refractivity contribution in [3.63, 3.8) is 0 Å². The van der Waals surface area contributed by atoms with Gasteiger partial charge >= 0.3 is 0 Å². The van der Waals surface area contributed by atoms with Gasteiger partial charge in [0, 0.05) is 23.4 Å². The number of fused-ring (bicyclic) bond motifs is 1. The number of aromatic nitrogens is 1. The number of ether oxygens (including phenoxy) is 2. The number of hydrogen-bond acceptors (Lipinski definition) is 6.